The fourth-order valence-electron chi connectivity index (χ4n) is 2.48. The third-order valence-electron chi connectivity index (χ3n) is 3.64. The Hall–Kier alpha value is -1.45. The number of rotatable bonds is 8. The normalized spacial score (nSPS) is 11.5. The molecule has 1 N–H and O–H groups in total. The van der Waals surface area contributed by atoms with Crippen molar-refractivity contribution in [3.05, 3.63) is 23.5 Å². The molecule has 0 saturated carbocycles. The highest BCUT2D eigenvalue weighted by Gasteiger charge is 2.15. The van der Waals surface area contributed by atoms with Gasteiger partial charge < -0.3 is 14.6 Å². The number of unbranched alkanes of at least 4 members (excludes halogenated alkanes) is 4. The summed E-state index contributed by atoms with van der Waals surface area (Å²) in [4.78, 5) is 11.5. The van der Waals surface area contributed by atoms with Gasteiger partial charge in [-0.2, -0.15) is 0 Å². The number of carbonyl (C=O) groups is 1. The smallest absolute Gasteiger partial charge is 0.407 e. The lowest BCUT2D eigenvalue weighted by molar-refractivity contribution is 0.0527. The summed E-state index contributed by atoms with van der Waals surface area (Å²) in [6.07, 6.45) is 5.53. The van der Waals surface area contributed by atoms with E-state index in [4.69, 9.17) is 4.74 Å². The van der Waals surface area contributed by atoms with Gasteiger partial charge in [0.25, 0.3) is 0 Å². The predicted octanol–water partition coefficient (Wildman–Crippen LogP) is 4.58. The first-order valence-electron chi connectivity index (χ1n) is 8.39. The first kappa shape index (κ1) is 18.6. The molecule has 0 unspecified atom stereocenters. The average molecular weight is 308 g/mol. The van der Waals surface area contributed by atoms with Crippen molar-refractivity contribution in [3.8, 4) is 0 Å². The van der Waals surface area contributed by atoms with E-state index in [1.54, 1.807) is 0 Å². The number of carbonyl (C=O) groups excluding carboxylic acids is 1. The lowest BCUT2D eigenvalue weighted by Gasteiger charge is -2.19. The van der Waals surface area contributed by atoms with E-state index in [1.165, 1.54) is 30.7 Å². The van der Waals surface area contributed by atoms with Crippen LogP contribution in [0.1, 0.15) is 64.3 Å². The summed E-state index contributed by atoms with van der Waals surface area (Å²) in [5, 5.41) is 2.80. The standard InChI is InChI=1S/C18H32N2O2/c1-15-11-12-16(2)20(15)14-10-8-6-7-9-13-19-17(21)22-18(3,4)5/h11-12H,6-10,13-14H2,1-5H3,(H,19,21). The highest BCUT2D eigenvalue weighted by atomic mass is 16.6. The van der Waals surface area contributed by atoms with Crippen molar-refractivity contribution >= 4 is 6.09 Å². The molecule has 0 bridgehead atoms. The number of hydrogen-bond acceptors (Lipinski definition) is 2. The molecule has 0 saturated heterocycles. The molecule has 22 heavy (non-hydrogen) atoms. The first-order chi connectivity index (χ1) is 10.3. The number of aromatic nitrogens is 1. The molecule has 1 rings (SSSR count). The van der Waals surface area contributed by atoms with E-state index < -0.39 is 5.60 Å². The highest BCUT2D eigenvalue weighted by molar-refractivity contribution is 5.67. The topological polar surface area (TPSA) is 43.3 Å². The zero-order valence-electron chi connectivity index (χ0n) is 14.9. The van der Waals surface area contributed by atoms with Gasteiger partial charge >= 0.3 is 6.09 Å². The number of alkyl carbamates (subject to hydrolysis) is 1. The summed E-state index contributed by atoms with van der Waals surface area (Å²) in [6, 6.07) is 4.36. The van der Waals surface area contributed by atoms with Crippen LogP contribution in [0.3, 0.4) is 0 Å². The second kappa shape index (κ2) is 8.86. The van der Waals surface area contributed by atoms with Crippen LogP contribution >= 0.6 is 0 Å². The SMILES string of the molecule is Cc1ccc(C)n1CCCCCCCNC(=O)OC(C)(C)C. The molecule has 1 aromatic heterocycles. The Labute approximate surface area is 135 Å². The van der Waals surface area contributed by atoms with Crippen molar-refractivity contribution in [1.82, 2.24) is 9.88 Å². The Bertz CT molecular complexity index is 439. The molecular weight excluding hydrogens is 276 g/mol. The lowest BCUT2D eigenvalue weighted by Crippen LogP contribution is -2.32. The quantitative estimate of drug-likeness (QED) is 0.714. The number of ether oxygens (including phenoxy) is 1. The number of nitrogens with zero attached hydrogens (tertiary/aromatic N) is 1. The van der Waals surface area contributed by atoms with E-state index in [2.05, 4.69) is 35.9 Å². The van der Waals surface area contributed by atoms with Crippen LogP contribution < -0.4 is 5.32 Å². The lowest BCUT2D eigenvalue weighted by atomic mass is 10.1. The summed E-state index contributed by atoms with van der Waals surface area (Å²) in [7, 11) is 0. The van der Waals surface area contributed by atoms with E-state index >= 15 is 0 Å². The summed E-state index contributed by atoms with van der Waals surface area (Å²) in [6.45, 7) is 11.8. The van der Waals surface area contributed by atoms with E-state index in [0.717, 1.165) is 19.4 Å². The van der Waals surface area contributed by atoms with Crippen LogP contribution in [0, 0.1) is 13.8 Å². The molecule has 0 aliphatic heterocycles. The maximum Gasteiger partial charge on any atom is 0.407 e. The van der Waals surface area contributed by atoms with Crippen LogP contribution in [0.25, 0.3) is 0 Å². The molecule has 0 aliphatic rings. The molecular formula is C18H32N2O2. The van der Waals surface area contributed by atoms with E-state index in [-0.39, 0.29) is 6.09 Å². The van der Waals surface area contributed by atoms with Gasteiger partial charge in [-0.3, -0.25) is 0 Å². The maximum atomic E-state index is 11.5. The summed E-state index contributed by atoms with van der Waals surface area (Å²) >= 11 is 0. The third kappa shape index (κ3) is 7.53. The molecule has 4 nitrogen and oxygen atoms in total. The minimum Gasteiger partial charge on any atom is -0.444 e. The fourth-order valence-corrected chi connectivity index (χ4v) is 2.48. The van der Waals surface area contributed by atoms with Crippen LogP contribution in [0.5, 0.6) is 0 Å². The molecule has 0 fully saturated rings. The van der Waals surface area contributed by atoms with Crippen molar-refractivity contribution < 1.29 is 9.53 Å². The van der Waals surface area contributed by atoms with Gasteiger partial charge in [-0.25, -0.2) is 4.79 Å². The third-order valence-corrected chi connectivity index (χ3v) is 3.64. The molecule has 1 amide bonds. The summed E-state index contributed by atoms with van der Waals surface area (Å²) in [5.41, 5.74) is 2.27. The van der Waals surface area contributed by atoms with Crippen LogP contribution in [0.4, 0.5) is 4.79 Å². The molecule has 0 aliphatic carbocycles. The van der Waals surface area contributed by atoms with Gasteiger partial charge in [0.2, 0.25) is 0 Å². The molecule has 126 valence electrons. The Morgan fingerprint density at radius 3 is 2.18 bits per heavy atom. The van der Waals surface area contributed by atoms with Crippen LogP contribution in [-0.2, 0) is 11.3 Å². The minimum absolute atomic E-state index is 0.314. The van der Waals surface area contributed by atoms with Gasteiger partial charge in [0.15, 0.2) is 0 Å². The summed E-state index contributed by atoms with van der Waals surface area (Å²) < 4.78 is 7.57. The molecule has 0 spiro atoms. The second-order valence-electron chi connectivity index (χ2n) is 6.96. The Kier molecular flexibility index (Phi) is 7.49. The second-order valence-corrected chi connectivity index (χ2v) is 6.96. The van der Waals surface area contributed by atoms with E-state index in [0.29, 0.717) is 6.54 Å². The van der Waals surface area contributed by atoms with E-state index in [1.807, 2.05) is 20.8 Å². The Balaban J connectivity index is 1.99. The minimum atomic E-state index is -0.418. The highest BCUT2D eigenvalue weighted by Crippen LogP contribution is 2.11. The number of aryl methyl sites for hydroxylation is 2. The largest absolute Gasteiger partial charge is 0.444 e. The molecule has 4 heteroatoms. The molecule has 0 radical (unpaired) electrons. The van der Waals surface area contributed by atoms with Gasteiger partial charge in [0.05, 0.1) is 0 Å². The van der Waals surface area contributed by atoms with Crippen LogP contribution in [-0.4, -0.2) is 22.8 Å². The van der Waals surface area contributed by atoms with Gasteiger partial charge in [0.1, 0.15) is 5.60 Å². The molecule has 1 heterocycles. The molecule has 1 aromatic rings. The number of nitrogens with one attached hydrogen (secondary N) is 1. The number of hydrogen-bond donors (Lipinski definition) is 1. The average Bonchev–Trinajstić information content (AvgIpc) is 2.71. The maximum absolute atomic E-state index is 11.5. The molecule has 0 aromatic carbocycles. The van der Waals surface area contributed by atoms with Crippen LogP contribution in [0.2, 0.25) is 0 Å². The predicted molar refractivity (Wildman–Crippen MR) is 91.2 cm³/mol. The molecule has 0 atom stereocenters. The van der Waals surface area contributed by atoms with Gasteiger partial charge in [0, 0.05) is 24.5 Å². The van der Waals surface area contributed by atoms with Gasteiger partial charge in [-0.15, -0.1) is 0 Å². The van der Waals surface area contributed by atoms with Crippen molar-refractivity contribution in [2.45, 2.75) is 78.9 Å². The first-order valence-corrected chi connectivity index (χ1v) is 8.39. The zero-order valence-corrected chi connectivity index (χ0v) is 14.9. The van der Waals surface area contributed by atoms with Gasteiger partial charge in [-0.1, -0.05) is 19.3 Å². The van der Waals surface area contributed by atoms with Crippen molar-refractivity contribution in [1.29, 1.82) is 0 Å². The zero-order chi connectivity index (χ0) is 16.6. The van der Waals surface area contributed by atoms with Crippen molar-refractivity contribution in [3.63, 3.8) is 0 Å². The van der Waals surface area contributed by atoms with Gasteiger partial charge in [-0.05, 0) is 59.6 Å². The Morgan fingerprint density at radius 1 is 1.05 bits per heavy atom. The Morgan fingerprint density at radius 2 is 1.59 bits per heavy atom. The monoisotopic (exact) mass is 308 g/mol. The van der Waals surface area contributed by atoms with Crippen molar-refractivity contribution in [2.24, 2.45) is 0 Å². The number of amides is 1. The fraction of sp³-hybridized carbons (Fsp3) is 0.722. The van der Waals surface area contributed by atoms with E-state index in [9.17, 15) is 4.79 Å². The van der Waals surface area contributed by atoms with Crippen LogP contribution in [0.15, 0.2) is 12.1 Å². The summed E-state index contributed by atoms with van der Waals surface area (Å²) in [5.74, 6) is 0. The van der Waals surface area contributed by atoms with Crippen molar-refractivity contribution in [2.75, 3.05) is 6.54 Å².